The van der Waals surface area contributed by atoms with Gasteiger partial charge in [0.1, 0.15) is 12.4 Å². The van der Waals surface area contributed by atoms with Crippen molar-refractivity contribution in [2.75, 3.05) is 6.61 Å². The monoisotopic (exact) mass is 476 g/mol. The maximum absolute atomic E-state index is 12.8. The first-order valence-electron chi connectivity index (χ1n) is 11.1. The zero-order chi connectivity index (χ0) is 23.2. The lowest BCUT2D eigenvalue weighted by molar-refractivity contribution is -0.147. The fraction of sp³-hybridized carbons (Fsp3) is 0.250. The van der Waals surface area contributed by atoms with E-state index in [2.05, 4.69) is 24.3 Å². The van der Waals surface area contributed by atoms with Crippen LogP contribution < -0.4 is 0 Å². The molecule has 1 aliphatic carbocycles. The molecule has 0 saturated carbocycles. The van der Waals surface area contributed by atoms with Crippen LogP contribution in [0.3, 0.4) is 0 Å². The van der Waals surface area contributed by atoms with Crippen molar-refractivity contribution in [3.8, 4) is 11.1 Å². The van der Waals surface area contributed by atoms with Gasteiger partial charge >= 0.3 is 11.9 Å². The Hall–Kier alpha value is -3.38. The van der Waals surface area contributed by atoms with Gasteiger partial charge in [0.25, 0.3) is 0 Å². The number of ether oxygens (including phenoxy) is 1. The highest BCUT2D eigenvalue weighted by Gasteiger charge is 2.30. The number of hydrogen-bond donors (Lipinski definition) is 1. The van der Waals surface area contributed by atoms with Gasteiger partial charge in [0.05, 0.1) is 12.8 Å². The number of carboxylic acid groups (broad SMARTS) is 1. The fourth-order valence-electron chi connectivity index (χ4n) is 4.51. The van der Waals surface area contributed by atoms with Crippen LogP contribution in [0, 0.1) is 5.92 Å². The molecule has 3 aromatic rings. The molecule has 0 spiro atoms. The summed E-state index contributed by atoms with van der Waals surface area (Å²) in [7, 11) is 0. The summed E-state index contributed by atoms with van der Waals surface area (Å²) in [5.74, 6) is -2.35. The summed E-state index contributed by atoms with van der Waals surface area (Å²) in [6.45, 7) is 0.203. The second-order valence-electron chi connectivity index (χ2n) is 8.36. The quantitative estimate of drug-likeness (QED) is 0.410. The standard InChI is InChI=1S/C28H26O5.H2S/c29-26(14-15-27(30)31)20(16-19-8-2-1-3-9-19)17-28(32)33-18-25-23-12-6-4-10-21(23)22-11-5-7-13-24(22)25;/h1-13,20,25H,14-18H2,(H,30,31);1H2/t20-;/m1./s1. The fourth-order valence-corrected chi connectivity index (χ4v) is 4.51. The predicted molar refractivity (Wildman–Crippen MR) is 135 cm³/mol. The molecule has 0 heterocycles. The van der Waals surface area contributed by atoms with Crippen molar-refractivity contribution in [2.24, 2.45) is 5.92 Å². The van der Waals surface area contributed by atoms with Crippen LogP contribution in [0.25, 0.3) is 11.1 Å². The third-order valence-electron chi connectivity index (χ3n) is 6.15. The Morgan fingerprint density at radius 2 is 1.35 bits per heavy atom. The van der Waals surface area contributed by atoms with E-state index in [4.69, 9.17) is 9.84 Å². The number of ketones is 1. The lowest BCUT2D eigenvalue weighted by atomic mass is 9.90. The summed E-state index contributed by atoms with van der Waals surface area (Å²) in [4.78, 5) is 36.4. The van der Waals surface area contributed by atoms with Gasteiger partial charge in [-0.3, -0.25) is 14.4 Å². The molecule has 0 fully saturated rings. The molecule has 34 heavy (non-hydrogen) atoms. The largest absolute Gasteiger partial charge is 0.481 e. The number of carbonyl (C=O) groups excluding carboxylic acids is 2. The average Bonchev–Trinajstić information content (AvgIpc) is 3.15. The molecule has 1 aliphatic rings. The number of rotatable bonds is 10. The summed E-state index contributed by atoms with van der Waals surface area (Å²) in [6, 6.07) is 25.7. The van der Waals surface area contributed by atoms with E-state index in [-0.39, 0.29) is 51.1 Å². The zero-order valence-corrected chi connectivity index (χ0v) is 19.8. The maximum Gasteiger partial charge on any atom is 0.306 e. The summed E-state index contributed by atoms with van der Waals surface area (Å²) in [5, 5.41) is 8.94. The molecule has 0 bridgehead atoms. The summed E-state index contributed by atoms with van der Waals surface area (Å²) < 4.78 is 5.68. The topological polar surface area (TPSA) is 80.7 Å². The van der Waals surface area contributed by atoms with Gasteiger partial charge in [-0.1, -0.05) is 78.9 Å². The number of benzene rings is 3. The molecule has 1 N–H and O–H groups in total. The number of aliphatic carboxylic acids is 1. The minimum atomic E-state index is -1.03. The highest BCUT2D eigenvalue weighted by molar-refractivity contribution is 7.59. The first-order valence-corrected chi connectivity index (χ1v) is 11.1. The highest BCUT2D eigenvalue weighted by atomic mass is 32.1. The van der Waals surface area contributed by atoms with E-state index >= 15 is 0 Å². The molecule has 0 amide bonds. The molecule has 6 heteroatoms. The number of hydrogen-bond acceptors (Lipinski definition) is 4. The van der Waals surface area contributed by atoms with Gasteiger partial charge < -0.3 is 9.84 Å². The van der Waals surface area contributed by atoms with Crippen molar-refractivity contribution in [3.05, 3.63) is 95.6 Å². The summed E-state index contributed by atoms with van der Waals surface area (Å²) in [5.41, 5.74) is 5.49. The van der Waals surface area contributed by atoms with Crippen LogP contribution in [-0.2, 0) is 25.5 Å². The van der Waals surface area contributed by atoms with Crippen molar-refractivity contribution in [1.82, 2.24) is 0 Å². The minimum absolute atomic E-state index is 0. The second-order valence-corrected chi connectivity index (χ2v) is 8.36. The third kappa shape index (κ3) is 5.94. The lowest BCUT2D eigenvalue weighted by Crippen LogP contribution is -2.23. The first-order chi connectivity index (χ1) is 16.0. The van der Waals surface area contributed by atoms with Crippen molar-refractivity contribution in [3.63, 3.8) is 0 Å². The molecule has 1 atom stereocenters. The molecule has 5 nitrogen and oxygen atoms in total. The number of fused-ring (bicyclic) bond motifs is 3. The molecule has 3 aromatic carbocycles. The van der Waals surface area contributed by atoms with Crippen LogP contribution in [0.4, 0.5) is 0 Å². The van der Waals surface area contributed by atoms with Crippen molar-refractivity contribution >= 4 is 31.2 Å². The van der Waals surface area contributed by atoms with Crippen LogP contribution >= 0.6 is 13.5 Å². The van der Waals surface area contributed by atoms with E-state index in [1.807, 2.05) is 54.6 Å². The van der Waals surface area contributed by atoms with Crippen LogP contribution in [0.1, 0.15) is 41.9 Å². The van der Waals surface area contributed by atoms with Gasteiger partial charge in [0, 0.05) is 18.3 Å². The minimum Gasteiger partial charge on any atom is -0.481 e. The Kier molecular flexibility index (Phi) is 8.66. The van der Waals surface area contributed by atoms with Gasteiger partial charge in [-0.05, 0) is 34.2 Å². The van der Waals surface area contributed by atoms with E-state index < -0.39 is 17.9 Å². The molecule has 0 saturated heterocycles. The average molecular weight is 477 g/mol. The SMILES string of the molecule is O=C(O)CCC(=O)[C@@H](CC(=O)OCC1c2ccccc2-c2ccccc21)Cc1ccccc1.S. The van der Waals surface area contributed by atoms with Crippen LogP contribution in [0.5, 0.6) is 0 Å². The molecule has 4 rings (SSSR count). The van der Waals surface area contributed by atoms with E-state index in [0.29, 0.717) is 6.42 Å². The molecule has 0 unspecified atom stereocenters. The Labute approximate surface area is 206 Å². The van der Waals surface area contributed by atoms with Gasteiger partial charge in [0.15, 0.2) is 0 Å². The third-order valence-corrected chi connectivity index (χ3v) is 6.15. The molecule has 176 valence electrons. The van der Waals surface area contributed by atoms with E-state index in [9.17, 15) is 14.4 Å². The Bertz CT molecular complexity index is 1110. The summed E-state index contributed by atoms with van der Waals surface area (Å²) in [6.07, 6.45) is -0.0227. The normalized spacial score (nSPS) is 12.7. The Morgan fingerprint density at radius 1 is 0.794 bits per heavy atom. The van der Waals surface area contributed by atoms with Gasteiger partial charge in [-0.2, -0.15) is 13.5 Å². The second kappa shape index (κ2) is 11.7. The Morgan fingerprint density at radius 3 is 1.94 bits per heavy atom. The Balaban J connectivity index is 0.00000324. The molecule has 0 aliphatic heterocycles. The van der Waals surface area contributed by atoms with Gasteiger partial charge in [-0.15, -0.1) is 0 Å². The van der Waals surface area contributed by atoms with Crippen LogP contribution in [0.15, 0.2) is 78.9 Å². The van der Waals surface area contributed by atoms with Crippen molar-refractivity contribution < 1.29 is 24.2 Å². The molecule has 0 aromatic heterocycles. The first kappa shape index (κ1) is 25.2. The van der Waals surface area contributed by atoms with Crippen molar-refractivity contribution in [1.29, 1.82) is 0 Å². The lowest BCUT2D eigenvalue weighted by Gasteiger charge is -2.17. The van der Waals surface area contributed by atoms with E-state index in [1.54, 1.807) is 0 Å². The highest BCUT2D eigenvalue weighted by Crippen LogP contribution is 2.44. The van der Waals surface area contributed by atoms with Crippen LogP contribution in [-0.4, -0.2) is 29.4 Å². The van der Waals surface area contributed by atoms with Crippen molar-refractivity contribution in [2.45, 2.75) is 31.6 Å². The number of carboxylic acids is 1. The number of carbonyl (C=O) groups is 3. The predicted octanol–water partition coefficient (Wildman–Crippen LogP) is 5.14. The number of esters is 1. The van der Waals surface area contributed by atoms with Gasteiger partial charge in [-0.25, -0.2) is 0 Å². The van der Waals surface area contributed by atoms with Crippen LogP contribution in [0.2, 0.25) is 0 Å². The molecular formula is C28H28O5S. The summed E-state index contributed by atoms with van der Waals surface area (Å²) >= 11 is 0. The number of Topliss-reactive ketones (excluding diaryl/α,β-unsaturated/α-hetero) is 1. The van der Waals surface area contributed by atoms with Gasteiger partial charge in [0.2, 0.25) is 0 Å². The maximum atomic E-state index is 12.8. The smallest absolute Gasteiger partial charge is 0.306 e. The van der Waals surface area contributed by atoms with E-state index in [0.717, 1.165) is 27.8 Å². The zero-order valence-electron chi connectivity index (χ0n) is 18.8. The molecular weight excluding hydrogens is 448 g/mol. The van der Waals surface area contributed by atoms with E-state index in [1.165, 1.54) is 0 Å². The molecule has 0 radical (unpaired) electrons.